The molecule has 2 aromatic carbocycles. The van der Waals surface area contributed by atoms with Crippen molar-refractivity contribution in [2.24, 2.45) is 0 Å². The molecule has 0 saturated carbocycles. The highest BCUT2D eigenvalue weighted by molar-refractivity contribution is 8.00. The number of nitrogens with one attached hydrogen (secondary N) is 2. The number of nitrogens with zero attached hydrogens (tertiary/aromatic N) is 3. The Labute approximate surface area is 182 Å². The Balaban J connectivity index is 1.58. The summed E-state index contributed by atoms with van der Waals surface area (Å²) in [5, 5.41) is 18.6. The summed E-state index contributed by atoms with van der Waals surface area (Å²) in [6.45, 7) is 1.79. The van der Waals surface area contributed by atoms with Crippen LogP contribution in [0.25, 0.3) is 10.9 Å². The number of carbonyl (C=O) groups is 1. The highest BCUT2D eigenvalue weighted by atomic mass is 32.2. The van der Waals surface area contributed by atoms with Crippen molar-refractivity contribution < 1.29 is 4.79 Å². The molecule has 30 heavy (non-hydrogen) atoms. The van der Waals surface area contributed by atoms with E-state index in [9.17, 15) is 4.79 Å². The van der Waals surface area contributed by atoms with E-state index in [1.54, 1.807) is 18.4 Å². The fourth-order valence-electron chi connectivity index (χ4n) is 2.78. The molecule has 0 radical (unpaired) electrons. The molecular weight excluding hydrogens is 414 g/mol. The Morgan fingerprint density at radius 2 is 1.87 bits per heavy atom. The summed E-state index contributed by atoms with van der Waals surface area (Å²) in [5.41, 5.74) is 2.18. The van der Waals surface area contributed by atoms with Gasteiger partial charge in [0, 0.05) is 11.1 Å². The number of aromatic nitrogens is 2. The zero-order chi connectivity index (χ0) is 20.9. The average Bonchev–Trinajstić information content (AvgIpc) is 3.21. The number of rotatable bonds is 6. The molecule has 2 N–H and O–H groups in total. The van der Waals surface area contributed by atoms with Crippen molar-refractivity contribution in [2.75, 3.05) is 10.6 Å². The van der Waals surface area contributed by atoms with Crippen LogP contribution in [0.5, 0.6) is 0 Å². The molecule has 8 heteroatoms. The fourth-order valence-corrected chi connectivity index (χ4v) is 4.30. The SMILES string of the molecule is C[C@@H](Sc1nc(Nc2ccccc2)c2ccccc2n1)C(=O)Nc1sccc1C#N. The van der Waals surface area contributed by atoms with E-state index in [-0.39, 0.29) is 5.91 Å². The lowest BCUT2D eigenvalue weighted by molar-refractivity contribution is -0.115. The first-order valence-electron chi connectivity index (χ1n) is 9.18. The van der Waals surface area contributed by atoms with E-state index in [0.29, 0.717) is 21.5 Å². The zero-order valence-electron chi connectivity index (χ0n) is 16.0. The van der Waals surface area contributed by atoms with Gasteiger partial charge in [-0.25, -0.2) is 9.97 Å². The van der Waals surface area contributed by atoms with Crippen LogP contribution in [0.3, 0.4) is 0 Å². The number of thioether (sulfide) groups is 1. The van der Waals surface area contributed by atoms with Crippen molar-refractivity contribution in [3.05, 3.63) is 71.6 Å². The van der Waals surface area contributed by atoms with Crippen LogP contribution in [0.4, 0.5) is 16.5 Å². The number of carbonyl (C=O) groups excluding carboxylic acids is 1. The summed E-state index contributed by atoms with van der Waals surface area (Å²) in [7, 11) is 0. The lowest BCUT2D eigenvalue weighted by Gasteiger charge is -2.13. The second-order valence-corrected chi connectivity index (χ2v) is 8.61. The van der Waals surface area contributed by atoms with Crippen LogP contribution in [0.2, 0.25) is 0 Å². The Kier molecular flexibility index (Phi) is 5.93. The minimum atomic E-state index is -0.440. The molecule has 1 atom stereocenters. The highest BCUT2D eigenvalue weighted by Gasteiger charge is 2.19. The molecule has 2 aromatic heterocycles. The minimum Gasteiger partial charge on any atom is -0.340 e. The van der Waals surface area contributed by atoms with Gasteiger partial charge in [-0.05, 0) is 42.6 Å². The highest BCUT2D eigenvalue weighted by Crippen LogP contribution is 2.30. The van der Waals surface area contributed by atoms with Crippen molar-refractivity contribution in [3.63, 3.8) is 0 Å². The number of amides is 1. The second kappa shape index (κ2) is 8.95. The van der Waals surface area contributed by atoms with E-state index in [1.165, 1.54) is 23.1 Å². The molecule has 6 nitrogen and oxygen atoms in total. The van der Waals surface area contributed by atoms with Gasteiger partial charge < -0.3 is 10.6 Å². The van der Waals surface area contributed by atoms with Crippen molar-refractivity contribution >= 4 is 56.4 Å². The maximum Gasteiger partial charge on any atom is 0.238 e. The van der Waals surface area contributed by atoms with Crippen LogP contribution in [0.1, 0.15) is 12.5 Å². The first-order valence-corrected chi connectivity index (χ1v) is 10.9. The summed E-state index contributed by atoms with van der Waals surface area (Å²) in [6.07, 6.45) is 0. The molecule has 2 heterocycles. The molecule has 148 valence electrons. The van der Waals surface area contributed by atoms with Crippen LogP contribution in [0, 0.1) is 11.3 Å². The molecule has 0 fully saturated rings. The number of hydrogen-bond acceptors (Lipinski definition) is 7. The Hall–Kier alpha value is -3.41. The van der Waals surface area contributed by atoms with Gasteiger partial charge in [0.2, 0.25) is 5.91 Å². The molecule has 0 spiro atoms. The zero-order valence-corrected chi connectivity index (χ0v) is 17.6. The summed E-state index contributed by atoms with van der Waals surface area (Å²) < 4.78 is 0. The van der Waals surface area contributed by atoms with Crippen molar-refractivity contribution in [1.82, 2.24) is 9.97 Å². The van der Waals surface area contributed by atoms with Crippen LogP contribution >= 0.6 is 23.1 Å². The molecular formula is C22H17N5OS2. The Bertz CT molecular complexity index is 1230. The molecule has 0 aliphatic rings. The molecule has 0 unspecified atom stereocenters. The third-order valence-corrected chi connectivity index (χ3v) is 6.08. The Morgan fingerprint density at radius 3 is 2.67 bits per heavy atom. The average molecular weight is 432 g/mol. The van der Waals surface area contributed by atoms with E-state index in [1.807, 2.05) is 54.6 Å². The molecule has 0 aliphatic heterocycles. The fraction of sp³-hybridized carbons (Fsp3) is 0.0909. The van der Waals surface area contributed by atoms with Crippen LogP contribution in [0.15, 0.2) is 71.2 Å². The third kappa shape index (κ3) is 4.43. The maximum atomic E-state index is 12.6. The first-order chi connectivity index (χ1) is 14.6. The van der Waals surface area contributed by atoms with Gasteiger partial charge in [0.15, 0.2) is 5.16 Å². The lowest BCUT2D eigenvalue weighted by Crippen LogP contribution is -2.22. The number of fused-ring (bicyclic) bond motifs is 1. The molecule has 4 aromatic rings. The van der Waals surface area contributed by atoms with Gasteiger partial charge in [-0.15, -0.1) is 11.3 Å². The van der Waals surface area contributed by atoms with E-state index in [0.717, 1.165) is 16.6 Å². The number of hydrogen-bond donors (Lipinski definition) is 2. The molecule has 0 bridgehead atoms. The van der Waals surface area contributed by atoms with Crippen molar-refractivity contribution in [1.29, 1.82) is 5.26 Å². The second-order valence-electron chi connectivity index (χ2n) is 6.39. The van der Waals surface area contributed by atoms with Gasteiger partial charge in [0.05, 0.1) is 16.3 Å². The number of benzene rings is 2. The normalized spacial score (nSPS) is 11.6. The predicted octanol–water partition coefficient (Wildman–Crippen LogP) is 5.43. The van der Waals surface area contributed by atoms with Gasteiger partial charge in [0.1, 0.15) is 16.9 Å². The first kappa shape index (κ1) is 19.9. The summed E-state index contributed by atoms with van der Waals surface area (Å²) in [6, 6.07) is 21.3. The van der Waals surface area contributed by atoms with Crippen molar-refractivity contribution in [2.45, 2.75) is 17.3 Å². The van der Waals surface area contributed by atoms with Gasteiger partial charge in [-0.2, -0.15) is 5.26 Å². The number of para-hydroxylation sites is 2. The van der Waals surface area contributed by atoms with E-state index < -0.39 is 5.25 Å². The molecule has 0 aliphatic carbocycles. The lowest BCUT2D eigenvalue weighted by atomic mass is 10.2. The Morgan fingerprint density at radius 1 is 1.10 bits per heavy atom. The largest absolute Gasteiger partial charge is 0.340 e. The third-order valence-electron chi connectivity index (χ3n) is 4.29. The number of thiophene rings is 1. The van der Waals surface area contributed by atoms with Crippen LogP contribution in [-0.4, -0.2) is 21.1 Å². The smallest absolute Gasteiger partial charge is 0.238 e. The van der Waals surface area contributed by atoms with Crippen molar-refractivity contribution in [3.8, 4) is 6.07 Å². The predicted molar refractivity (Wildman–Crippen MR) is 122 cm³/mol. The van der Waals surface area contributed by atoms with Gasteiger partial charge in [0.25, 0.3) is 0 Å². The maximum absolute atomic E-state index is 12.6. The molecule has 0 saturated heterocycles. The van der Waals surface area contributed by atoms with Gasteiger partial charge in [-0.1, -0.05) is 42.1 Å². The molecule has 1 amide bonds. The topological polar surface area (TPSA) is 90.7 Å². The quantitative estimate of drug-likeness (QED) is 0.313. The van der Waals surface area contributed by atoms with Gasteiger partial charge >= 0.3 is 0 Å². The van der Waals surface area contributed by atoms with E-state index in [2.05, 4.69) is 26.7 Å². The van der Waals surface area contributed by atoms with Gasteiger partial charge in [-0.3, -0.25) is 4.79 Å². The minimum absolute atomic E-state index is 0.201. The van der Waals surface area contributed by atoms with Crippen LogP contribution < -0.4 is 10.6 Å². The number of nitriles is 1. The van der Waals surface area contributed by atoms with E-state index in [4.69, 9.17) is 5.26 Å². The summed E-state index contributed by atoms with van der Waals surface area (Å²) in [4.78, 5) is 21.9. The number of anilines is 3. The van der Waals surface area contributed by atoms with Crippen LogP contribution in [-0.2, 0) is 4.79 Å². The van der Waals surface area contributed by atoms with E-state index >= 15 is 0 Å². The monoisotopic (exact) mass is 431 g/mol. The summed E-state index contributed by atoms with van der Waals surface area (Å²) >= 11 is 2.60. The standard InChI is InChI=1S/C22H17N5OS2/c1-14(20(28)27-21-15(13-23)11-12-29-21)30-22-25-18-10-6-5-9-17(18)19(26-22)24-16-7-3-2-4-8-16/h2-12,14H,1H3,(H,27,28)(H,24,25,26)/t14-/m1/s1. The summed E-state index contributed by atoms with van der Waals surface area (Å²) in [5.74, 6) is 0.486. The molecule has 4 rings (SSSR count).